The summed E-state index contributed by atoms with van der Waals surface area (Å²) in [6, 6.07) is 7.21. The van der Waals surface area contributed by atoms with E-state index in [9.17, 15) is 8.42 Å². The molecule has 5 nitrogen and oxygen atoms in total. The van der Waals surface area contributed by atoms with E-state index in [0.717, 1.165) is 5.56 Å². The van der Waals surface area contributed by atoms with Gasteiger partial charge in [0.15, 0.2) is 9.84 Å². The first kappa shape index (κ1) is 11.4. The van der Waals surface area contributed by atoms with Gasteiger partial charge in [0, 0.05) is 0 Å². The molecule has 1 saturated heterocycles. The molecule has 0 aromatic heterocycles. The predicted octanol–water partition coefficient (Wildman–Crippen LogP) is 0.253. The van der Waals surface area contributed by atoms with Crippen molar-refractivity contribution in [2.75, 3.05) is 11.5 Å². The Balaban J connectivity index is 1.91. The SMILES string of the molecule is NOCc1ccc(OC2CS(=O)(=O)C2)cc1. The van der Waals surface area contributed by atoms with E-state index >= 15 is 0 Å². The van der Waals surface area contributed by atoms with Crippen LogP contribution in [0.25, 0.3) is 0 Å². The zero-order valence-corrected chi connectivity index (χ0v) is 9.44. The highest BCUT2D eigenvalue weighted by Crippen LogP contribution is 2.20. The van der Waals surface area contributed by atoms with Crippen molar-refractivity contribution < 1.29 is 18.0 Å². The second-order valence-corrected chi connectivity index (χ2v) is 5.93. The molecule has 1 heterocycles. The van der Waals surface area contributed by atoms with E-state index in [4.69, 9.17) is 10.6 Å². The number of sulfone groups is 1. The first-order valence-corrected chi connectivity index (χ1v) is 6.69. The summed E-state index contributed by atoms with van der Waals surface area (Å²) in [6.07, 6.45) is -0.207. The van der Waals surface area contributed by atoms with Crippen molar-refractivity contribution in [3.63, 3.8) is 0 Å². The zero-order chi connectivity index (χ0) is 11.6. The number of benzene rings is 1. The second kappa shape index (κ2) is 4.40. The van der Waals surface area contributed by atoms with Gasteiger partial charge in [-0.3, -0.25) is 4.84 Å². The number of hydrogen-bond donors (Lipinski definition) is 1. The molecule has 1 aromatic carbocycles. The first-order valence-electron chi connectivity index (χ1n) is 4.87. The van der Waals surface area contributed by atoms with Crippen molar-refractivity contribution in [2.24, 2.45) is 5.90 Å². The van der Waals surface area contributed by atoms with Crippen LogP contribution in [0.15, 0.2) is 24.3 Å². The van der Waals surface area contributed by atoms with E-state index in [1.165, 1.54) is 0 Å². The maximum Gasteiger partial charge on any atom is 0.157 e. The van der Waals surface area contributed by atoms with Crippen molar-refractivity contribution in [2.45, 2.75) is 12.7 Å². The topological polar surface area (TPSA) is 78.6 Å². The van der Waals surface area contributed by atoms with E-state index in [2.05, 4.69) is 4.84 Å². The second-order valence-electron chi connectivity index (χ2n) is 3.77. The van der Waals surface area contributed by atoms with Crippen molar-refractivity contribution in [3.05, 3.63) is 29.8 Å². The molecule has 1 aliphatic heterocycles. The molecule has 1 aliphatic rings. The maximum absolute atomic E-state index is 10.9. The Morgan fingerprint density at radius 2 is 1.88 bits per heavy atom. The zero-order valence-electron chi connectivity index (χ0n) is 8.63. The highest BCUT2D eigenvalue weighted by Gasteiger charge is 2.35. The van der Waals surface area contributed by atoms with Gasteiger partial charge in [0.1, 0.15) is 11.9 Å². The molecule has 1 fully saturated rings. The predicted molar refractivity (Wildman–Crippen MR) is 58.5 cm³/mol. The van der Waals surface area contributed by atoms with Crippen molar-refractivity contribution in [1.29, 1.82) is 0 Å². The van der Waals surface area contributed by atoms with Crippen molar-refractivity contribution >= 4 is 9.84 Å². The quantitative estimate of drug-likeness (QED) is 0.767. The lowest BCUT2D eigenvalue weighted by Crippen LogP contribution is -2.45. The monoisotopic (exact) mass is 243 g/mol. The van der Waals surface area contributed by atoms with Gasteiger partial charge < -0.3 is 4.74 Å². The van der Waals surface area contributed by atoms with Crippen LogP contribution in [0.5, 0.6) is 5.75 Å². The Morgan fingerprint density at radius 1 is 1.25 bits per heavy atom. The third-order valence-electron chi connectivity index (χ3n) is 2.36. The number of ether oxygens (including phenoxy) is 1. The van der Waals surface area contributed by atoms with Crippen molar-refractivity contribution in [3.8, 4) is 5.75 Å². The minimum absolute atomic E-state index is 0.112. The van der Waals surface area contributed by atoms with Gasteiger partial charge in [0.2, 0.25) is 0 Å². The molecule has 1 aromatic rings. The van der Waals surface area contributed by atoms with Gasteiger partial charge in [-0.05, 0) is 17.7 Å². The molecule has 0 saturated carbocycles. The summed E-state index contributed by atoms with van der Waals surface area (Å²) in [7, 11) is -2.83. The molecule has 0 radical (unpaired) electrons. The average Bonchev–Trinajstić information content (AvgIpc) is 2.18. The number of hydrogen-bond acceptors (Lipinski definition) is 5. The summed E-state index contributed by atoms with van der Waals surface area (Å²) in [5, 5.41) is 0. The molecule has 0 bridgehead atoms. The van der Waals surface area contributed by atoms with Crippen LogP contribution in [0.3, 0.4) is 0 Å². The highest BCUT2D eigenvalue weighted by atomic mass is 32.2. The van der Waals surface area contributed by atoms with E-state index in [0.29, 0.717) is 12.4 Å². The highest BCUT2D eigenvalue weighted by molar-refractivity contribution is 7.92. The Bertz CT molecular complexity index is 442. The van der Waals surface area contributed by atoms with E-state index in [1.54, 1.807) is 12.1 Å². The lowest BCUT2D eigenvalue weighted by atomic mass is 10.2. The average molecular weight is 243 g/mol. The molecular formula is C10H13NO4S. The molecule has 0 unspecified atom stereocenters. The molecule has 0 atom stereocenters. The minimum Gasteiger partial charge on any atom is -0.488 e. The van der Waals surface area contributed by atoms with Gasteiger partial charge in [-0.25, -0.2) is 14.3 Å². The third kappa shape index (κ3) is 2.72. The molecule has 2 N–H and O–H groups in total. The van der Waals surface area contributed by atoms with Crippen LogP contribution >= 0.6 is 0 Å². The van der Waals surface area contributed by atoms with E-state index in [-0.39, 0.29) is 17.6 Å². The number of rotatable bonds is 4. The summed E-state index contributed by atoms with van der Waals surface area (Å²) < 4.78 is 27.3. The van der Waals surface area contributed by atoms with Gasteiger partial charge in [-0.2, -0.15) is 0 Å². The Kier molecular flexibility index (Phi) is 3.13. The summed E-state index contributed by atoms with van der Waals surface area (Å²) in [5.41, 5.74) is 0.941. The molecule has 16 heavy (non-hydrogen) atoms. The minimum atomic E-state index is -2.83. The lowest BCUT2D eigenvalue weighted by Gasteiger charge is -2.26. The summed E-state index contributed by atoms with van der Waals surface area (Å²) in [6.45, 7) is 0.345. The lowest BCUT2D eigenvalue weighted by molar-refractivity contribution is 0.124. The fourth-order valence-corrected chi connectivity index (χ4v) is 2.71. The van der Waals surface area contributed by atoms with Crippen LogP contribution in [-0.4, -0.2) is 26.0 Å². The van der Waals surface area contributed by atoms with E-state index in [1.807, 2.05) is 12.1 Å². The van der Waals surface area contributed by atoms with Gasteiger partial charge in [-0.1, -0.05) is 12.1 Å². The van der Waals surface area contributed by atoms with Gasteiger partial charge >= 0.3 is 0 Å². The maximum atomic E-state index is 10.9. The molecule has 0 amide bonds. The fourth-order valence-electron chi connectivity index (χ4n) is 1.54. The Labute approximate surface area is 94.0 Å². The van der Waals surface area contributed by atoms with Crippen LogP contribution in [0.1, 0.15) is 5.56 Å². The van der Waals surface area contributed by atoms with Crippen LogP contribution in [0.2, 0.25) is 0 Å². The van der Waals surface area contributed by atoms with Crippen LogP contribution in [0.4, 0.5) is 0 Å². The molecule has 0 spiro atoms. The smallest absolute Gasteiger partial charge is 0.157 e. The normalized spacial score (nSPS) is 19.1. The molecule has 6 heteroatoms. The van der Waals surface area contributed by atoms with Crippen LogP contribution in [-0.2, 0) is 21.3 Å². The first-order chi connectivity index (χ1) is 7.59. The standard InChI is InChI=1S/C10H13NO4S/c11-14-5-8-1-3-9(4-2-8)15-10-6-16(12,13)7-10/h1-4,10H,5-7,11H2. The molecule has 0 aliphatic carbocycles. The molecular weight excluding hydrogens is 230 g/mol. The van der Waals surface area contributed by atoms with Gasteiger partial charge in [0.25, 0.3) is 0 Å². The fraction of sp³-hybridized carbons (Fsp3) is 0.400. The van der Waals surface area contributed by atoms with Crippen molar-refractivity contribution in [1.82, 2.24) is 0 Å². The summed E-state index contributed by atoms with van der Waals surface area (Å²) in [4.78, 5) is 4.49. The van der Waals surface area contributed by atoms with E-state index < -0.39 is 9.84 Å². The largest absolute Gasteiger partial charge is 0.488 e. The summed E-state index contributed by atoms with van der Waals surface area (Å²) >= 11 is 0. The molecule has 2 rings (SSSR count). The number of nitrogens with two attached hydrogens (primary N) is 1. The third-order valence-corrected chi connectivity index (χ3v) is 4.12. The Morgan fingerprint density at radius 3 is 2.38 bits per heavy atom. The van der Waals surface area contributed by atoms with Crippen LogP contribution < -0.4 is 10.6 Å². The Hall–Kier alpha value is -1.11. The summed E-state index contributed by atoms with van der Waals surface area (Å²) in [5.74, 6) is 5.83. The van der Waals surface area contributed by atoms with Crippen LogP contribution in [0, 0.1) is 0 Å². The van der Waals surface area contributed by atoms with Gasteiger partial charge in [-0.15, -0.1) is 0 Å². The molecule has 88 valence electrons. The van der Waals surface area contributed by atoms with Gasteiger partial charge in [0.05, 0.1) is 18.1 Å².